The van der Waals surface area contributed by atoms with Crippen LogP contribution in [0.25, 0.3) is 0 Å². The number of rotatable bonds is 6. The van der Waals surface area contributed by atoms with Crippen LogP contribution in [0.5, 0.6) is 5.88 Å². The largest absolute Gasteiger partial charge is 0.475 e. The maximum absolute atomic E-state index is 5.48. The molecule has 0 amide bonds. The van der Waals surface area contributed by atoms with Gasteiger partial charge >= 0.3 is 0 Å². The normalized spacial score (nSPS) is 9.93. The summed E-state index contributed by atoms with van der Waals surface area (Å²) in [6, 6.07) is 3.46. The summed E-state index contributed by atoms with van der Waals surface area (Å²) in [5.74, 6) is 0.514. The highest BCUT2D eigenvalue weighted by atomic mass is 32.1. The number of pyridine rings is 1. The van der Waals surface area contributed by atoms with Crippen molar-refractivity contribution in [3.63, 3.8) is 0 Å². The van der Waals surface area contributed by atoms with Crippen molar-refractivity contribution in [2.24, 2.45) is 5.73 Å². The minimum absolute atomic E-state index is 0.340. The second kappa shape index (κ2) is 6.31. The Morgan fingerprint density at radius 3 is 3.00 bits per heavy atom. The van der Waals surface area contributed by atoms with Gasteiger partial charge in [-0.15, -0.1) is 0 Å². The second-order valence-corrected chi connectivity index (χ2v) is 3.23. The number of aromatic nitrogens is 1. The monoisotopic (exact) mass is 226 g/mol. The quantitative estimate of drug-likeness (QED) is 0.582. The van der Waals surface area contributed by atoms with Gasteiger partial charge in [-0.05, 0) is 13.0 Å². The first-order valence-corrected chi connectivity index (χ1v) is 5.11. The van der Waals surface area contributed by atoms with Gasteiger partial charge < -0.3 is 15.2 Å². The molecule has 1 heterocycles. The minimum Gasteiger partial charge on any atom is -0.475 e. The van der Waals surface area contributed by atoms with Gasteiger partial charge in [-0.3, -0.25) is 0 Å². The highest BCUT2D eigenvalue weighted by Gasteiger charge is 2.00. The number of ether oxygens (including phenoxy) is 2. The maximum atomic E-state index is 5.48. The predicted molar refractivity (Wildman–Crippen MR) is 62.1 cm³/mol. The zero-order chi connectivity index (χ0) is 11.1. The molecule has 1 aromatic rings. The van der Waals surface area contributed by atoms with Gasteiger partial charge in [0.15, 0.2) is 0 Å². The Bertz CT molecular complexity index is 331. The second-order valence-electron chi connectivity index (χ2n) is 2.79. The lowest BCUT2D eigenvalue weighted by Crippen LogP contribution is -2.11. The van der Waals surface area contributed by atoms with Crippen LogP contribution in [0.4, 0.5) is 0 Å². The summed E-state index contributed by atoms with van der Waals surface area (Å²) in [6.07, 6.45) is 1.62. The average molecular weight is 226 g/mol. The van der Waals surface area contributed by atoms with E-state index in [2.05, 4.69) is 4.98 Å². The third-order valence-corrected chi connectivity index (χ3v) is 1.94. The lowest BCUT2D eigenvalue weighted by molar-refractivity contribution is 0.108. The van der Waals surface area contributed by atoms with Crippen molar-refractivity contribution in [3.05, 3.63) is 23.9 Å². The van der Waals surface area contributed by atoms with E-state index in [1.54, 1.807) is 18.3 Å². The van der Waals surface area contributed by atoms with Gasteiger partial charge in [0.2, 0.25) is 5.88 Å². The Morgan fingerprint density at radius 1 is 1.53 bits per heavy atom. The third-order valence-electron chi connectivity index (χ3n) is 1.70. The zero-order valence-corrected chi connectivity index (χ0v) is 9.42. The summed E-state index contributed by atoms with van der Waals surface area (Å²) in [6.45, 7) is 3.65. The maximum Gasteiger partial charge on any atom is 0.213 e. The number of hydrogen-bond donors (Lipinski definition) is 1. The first kappa shape index (κ1) is 11.9. The summed E-state index contributed by atoms with van der Waals surface area (Å²) in [5, 5.41) is 0. The molecule has 0 unspecified atom stereocenters. The van der Waals surface area contributed by atoms with Crippen molar-refractivity contribution in [1.29, 1.82) is 0 Å². The van der Waals surface area contributed by atoms with Crippen LogP contribution in [-0.2, 0) is 4.74 Å². The van der Waals surface area contributed by atoms with E-state index in [-0.39, 0.29) is 0 Å². The Labute approximate surface area is 94.4 Å². The van der Waals surface area contributed by atoms with Gasteiger partial charge in [0.25, 0.3) is 0 Å². The molecule has 4 nitrogen and oxygen atoms in total. The fourth-order valence-corrected chi connectivity index (χ4v) is 1.12. The van der Waals surface area contributed by atoms with Crippen LogP contribution in [-0.4, -0.2) is 29.8 Å². The lowest BCUT2D eigenvalue weighted by atomic mass is 10.3. The first-order valence-electron chi connectivity index (χ1n) is 4.70. The minimum atomic E-state index is 0.340. The van der Waals surface area contributed by atoms with E-state index in [4.69, 9.17) is 27.4 Å². The molecule has 0 aromatic carbocycles. The van der Waals surface area contributed by atoms with Crippen molar-refractivity contribution in [3.8, 4) is 5.88 Å². The smallest absolute Gasteiger partial charge is 0.213 e. The molecule has 0 saturated heterocycles. The fraction of sp³-hybridized carbons (Fsp3) is 0.400. The summed E-state index contributed by atoms with van der Waals surface area (Å²) in [4.78, 5) is 4.37. The van der Waals surface area contributed by atoms with E-state index in [0.717, 1.165) is 5.56 Å². The van der Waals surface area contributed by atoms with Crippen molar-refractivity contribution in [1.82, 2.24) is 4.98 Å². The molecule has 2 N–H and O–H groups in total. The Morgan fingerprint density at radius 2 is 2.33 bits per heavy atom. The van der Waals surface area contributed by atoms with E-state index < -0.39 is 0 Å². The van der Waals surface area contributed by atoms with E-state index >= 15 is 0 Å². The lowest BCUT2D eigenvalue weighted by Gasteiger charge is -2.06. The van der Waals surface area contributed by atoms with E-state index in [1.165, 1.54) is 0 Å². The number of nitrogens with zero attached hydrogens (tertiary/aromatic N) is 1. The van der Waals surface area contributed by atoms with Crippen LogP contribution in [0, 0.1) is 0 Å². The topological polar surface area (TPSA) is 57.4 Å². The molecule has 0 fully saturated rings. The van der Waals surface area contributed by atoms with Crippen LogP contribution in [0.15, 0.2) is 18.3 Å². The summed E-state index contributed by atoms with van der Waals surface area (Å²) in [5.41, 5.74) is 6.24. The van der Waals surface area contributed by atoms with Crippen LogP contribution in [0.3, 0.4) is 0 Å². The molecule has 0 bridgehead atoms. The molecule has 1 aromatic heterocycles. The highest BCUT2D eigenvalue weighted by molar-refractivity contribution is 7.80. The Hall–Kier alpha value is -1.20. The first-order chi connectivity index (χ1) is 7.24. The molecule has 0 saturated carbocycles. The number of hydrogen-bond acceptors (Lipinski definition) is 4. The van der Waals surface area contributed by atoms with Gasteiger partial charge in [0.1, 0.15) is 11.6 Å². The SMILES string of the molecule is CCOCCOc1cc(C(N)=S)ccn1. The Kier molecular flexibility index (Phi) is 5.00. The van der Waals surface area contributed by atoms with Crippen LogP contribution in [0.2, 0.25) is 0 Å². The molecule has 5 heteroatoms. The molecule has 1 rings (SSSR count). The van der Waals surface area contributed by atoms with Crippen molar-refractivity contribution in [2.45, 2.75) is 6.92 Å². The molecule has 15 heavy (non-hydrogen) atoms. The standard InChI is InChI=1S/C10H14N2O2S/c1-2-13-5-6-14-9-7-8(10(11)15)3-4-12-9/h3-4,7H,2,5-6H2,1H3,(H2,11,15). The molecule has 0 spiro atoms. The van der Waals surface area contributed by atoms with Gasteiger partial charge in [0.05, 0.1) is 6.61 Å². The fourth-order valence-electron chi connectivity index (χ4n) is 0.991. The van der Waals surface area contributed by atoms with Gasteiger partial charge in [-0.1, -0.05) is 12.2 Å². The molecule has 0 radical (unpaired) electrons. The molecule has 0 atom stereocenters. The molecular weight excluding hydrogens is 212 g/mol. The van der Waals surface area contributed by atoms with Crippen molar-refractivity contribution >= 4 is 17.2 Å². The van der Waals surface area contributed by atoms with Gasteiger partial charge in [-0.2, -0.15) is 0 Å². The summed E-state index contributed by atoms with van der Waals surface area (Å²) >= 11 is 4.85. The van der Waals surface area contributed by atoms with Gasteiger partial charge in [-0.25, -0.2) is 4.98 Å². The number of nitrogens with two attached hydrogens (primary N) is 1. The van der Waals surface area contributed by atoms with Crippen molar-refractivity contribution in [2.75, 3.05) is 19.8 Å². The van der Waals surface area contributed by atoms with E-state index in [9.17, 15) is 0 Å². The van der Waals surface area contributed by atoms with E-state index in [1.807, 2.05) is 6.92 Å². The van der Waals surface area contributed by atoms with Crippen LogP contribution >= 0.6 is 12.2 Å². The Balaban J connectivity index is 2.47. The number of thiocarbonyl (C=S) groups is 1. The van der Waals surface area contributed by atoms with E-state index in [0.29, 0.717) is 30.7 Å². The van der Waals surface area contributed by atoms with Crippen molar-refractivity contribution < 1.29 is 9.47 Å². The van der Waals surface area contributed by atoms with Crippen LogP contribution < -0.4 is 10.5 Å². The van der Waals surface area contributed by atoms with Gasteiger partial charge in [0, 0.05) is 24.4 Å². The zero-order valence-electron chi connectivity index (χ0n) is 8.60. The average Bonchev–Trinajstić information content (AvgIpc) is 2.25. The third kappa shape index (κ3) is 4.22. The summed E-state index contributed by atoms with van der Waals surface area (Å²) in [7, 11) is 0. The molecule has 0 aliphatic carbocycles. The molecule has 0 aliphatic rings. The summed E-state index contributed by atoms with van der Waals surface area (Å²) < 4.78 is 10.5. The van der Waals surface area contributed by atoms with Crippen LogP contribution in [0.1, 0.15) is 12.5 Å². The predicted octanol–water partition coefficient (Wildman–Crippen LogP) is 1.13. The molecule has 82 valence electrons. The molecular formula is C10H14N2O2S. The molecule has 0 aliphatic heterocycles. The highest BCUT2D eigenvalue weighted by Crippen LogP contribution is 2.08.